The van der Waals surface area contributed by atoms with Crippen molar-refractivity contribution in [1.29, 1.82) is 0 Å². The summed E-state index contributed by atoms with van der Waals surface area (Å²) in [7, 11) is 1.76. The van der Waals surface area contributed by atoms with Gasteiger partial charge in [-0.1, -0.05) is 23.4 Å². The summed E-state index contributed by atoms with van der Waals surface area (Å²) in [6.45, 7) is 0. The highest BCUT2D eigenvalue weighted by atomic mass is 16.3. The molecule has 0 spiro atoms. The zero-order valence-corrected chi connectivity index (χ0v) is 9.85. The predicted octanol–water partition coefficient (Wildman–Crippen LogP) is 1.44. The molecule has 0 saturated carbocycles. The Balaban J connectivity index is 2.18. The molecule has 3 aromatic rings. The number of hydrogen-bond donors (Lipinski definition) is 1. The van der Waals surface area contributed by atoms with Gasteiger partial charge < -0.3 is 5.11 Å². The molecule has 0 aliphatic carbocycles. The molecule has 18 heavy (non-hydrogen) atoms. The second-order valence-electron chi connectivity index (χ2n) is 4.10. The van der Waals surface area contributed by atoms with Gasteiger partial charge in [-0.25, -0.2) is 4.68 Å². The Kier molecular flexibility index (Phi) is 2.53. The number of aromatic nitrogens is 4. The van der Waals surface area contributed by atoms with Crippen LogP contribution in [0.5, 0.6) is 0 Å². The Hall–Kier alpha value is -2.27. The molecule has 0 aliphatic rings. The number of aryl methyl sites for hydroxylation is 1. The number of pyridine rings is 1. The van der Waals surface area contributed by atoms with E-state index in [9.17, 15) is 5.11 Å². The lowest BCUT2D eigenvalue weighted by atomic mass is 10.0. The Morgan fingerprint density at radius 3 is 2.89 bits per heavy atom. The molecule has 90 valence electrons. The topological polar surface area (TPSA) is 63.8 Å². The summed E-state index contributed by atoms with van der Waals surface area (Å²) in [5, 5.41) is 19.0. The second-order valence-corrected chi connectivity index (χ2v) is 4.10. The number of aliphatic hydroxyl groups excluding tert-OH is 1. The van der Waals surface area contributed by atoms with Crippen LogP contribution < -0.4 is 0 Å². The number of hydrogen-bond acceptors (Lipinski definition) is 4. The number of benzene rings is 1. The lowest BCUT2D eigenvalue weighted by Crippen LogP contribution is -2.07. The van der Waals surface area contributed by atoms with Crippen LogP contribution in [-0.2, 0) is 7.05 Å². The van der Waals surface area contributed by atoms with E-state index in [0.29, 0.717) is 5.69 Å². The van der Waals surface area contributed by atoms with Gasteiger partial charge in [0.2, 0.25) is 0 Å². The normalized spacial score (nSPS) is 12.8. The monoisotopic (exact) mass is 240 g/mol. The minimum absolute atomic E-state index is 0.659. The molecular weight excluding hydrogens is 228 g/mol. The van der Waals surface area contributed by atoms with Gasteiger partial charge in [0.25, 0.3) is 0 Å². The fourth-order valence-corrected chi connectivity index (χ4v) is 2.07. The van der Waals surface area contributed by atoms with Gasteiger partial charge in [0, 0.05) is 18.6 Å². The van der Waals surface area contributed by atoms with E-state index in [1.165, 1.54) is 0 Å². The van der Waals surface area contributed by atoms with Crippen molar-refractivity contribution < 1.29 is 5.11 Å². The van der Waals surface area contributed by atoms with E-state index < -0.39 is 6.10 Å². The highest BCUT2D eigenvalue weighted by Crippen LogP contribution is 2.27. The van der Waals surface area contributed by atoms with Crippen molar-refractivity contribution in [3.63, 3.8) is 0 Å². The van der Waals surface area contributed by atoms with E-state index >= 15 is 0 Å². The van der Waals surface area contributed by atoms with Gasteiger partial charge in [0.15, 0.2) is 0 Å². The standard InChI is InChI=1S/C13H12N4O/c1-17-12(8-15-16-17)13(18)10-4-2-6-11-9(10)5-3-7-14-11/h2-8,13,18H,1H3. The Labute approximate surface area is 104 Å². The predicted molar refractivity (Wildman–Crippen MR) is 66.8 cm³/mol. The van der Waals surface area contributed by atoms with Crippen LogP contribution in [0.25, 0.3) is 10.9 Å². The van der Waals surface area contributed by atoms with Gasteiger partial charge in [-0.2, -0.15) is 0 Å². The molecule has 0 saturated heterocycles. The first-order valence-electron chi connectivity index (χ1n) is 5.63. The first kappa shape index (κ1) is 10.9. The van der Waals surface area contributed by atoms with Crippen LogP contribution in [0.1, 0.15) is 17.4 Å². The maximum atomic E-state index is 10.4. The molecule has 5 nitrogen and oxygen atoms in total. The van der Waals surface area contributed by atoms with E-state index in [-0.39, 0.29) is 0 Å². The molecule has 5 heteroatoms. The number of aliphatic hydroxyl groups is 1. The molecular formula is C13H12N4O. The third kappa shape index (κ3) is 1.65. The largest absolute Gasteiger partial charge is 0.382 e. The summed E-state index contributed by atoms with van der Waals surface area (Å²) in [5.41, 5.74) is 2.33. The van der Waals surface area contributed by atoms with Crippen molar-refractivity contribution in [2.75, 3.05) is 0 Å². The van der Waals surface area contributed by atoms with Crippen LogP contribution in [0.15, 0.2) is 42.7 Å². The van der Waals surface area contributed by atoms with Crippen LogP contribution in [-0.4, -0.2) is 25.1 Å². The maximum Gasteiger partial charge on any atom is 0.123 e. The molecule has 0 bridgehead atoms. The number of nitrogens with zero attached hydrogens (tertiary/aromatic N) is 4. The van der Waals surface area contributed by atoms with E-state index in [1.54, 1.807) is 24.1 Å². The first-order valence-corrected chi connectivity index (χ1v) is 5.63. The van der Waals surface area contributed by atoms with E-state index in [1.807, 2.05) is 30.3 Å². The lowest BCUT2D eigenvalue weighted by Gasteiger charge is -2.12. The Bertz CT molecular complexity index is 687. The molecule has 1 unspecified atom stereocenters. The Morgan fingerprint density at radius 1 is 1.22 bits per heavy atom. The molecule has 1 atom stereocenters. The van der Waals surface area contributed by atoms with Crippen molar-refractivity contribution >= 4 is 10.9 Å². The van der Waals surface area contributed by atoms with Crippen LogP contribution in [0.2, 0.25) is 0 Å². The summed E-state index contributed by atoms with van der Waals surface area (Å²) in [6, 6.07) is 9.51. The molecule has 0 amide bonds. The summed E-state index contributed by atoms with van der Waals surface area (Å²) >= 11 is 0. The van der Waals surface area contributed by atoms with Crippen molar-refractivity contribution in [2.24, 2.45) is 7.05 Å². The van der Waals surface area contributed by atoms with E-state index in [0.717, 1.165) is 16.5 Å². The molecule has 0 aliphatic heterocycles. The molecule has 0 fully saturated rings. The Morgan fingerprint density at radius 2 is 2.11 bits per heavy atom. The highest BCUT2D eigenvalue weighted by molar-refractivity contribution is 5.82. The molecule has 3 rings (SSSR count). The smallest absolute Gasteiger partial charge is 0.123 e. The van der Waals surface area contributed by atoms with E-state index in [4.69, 9.17) is 0 Å². The molecule has 1 N–H and O–H groups in total. The zero-order valence-electron chi connectivity index (χ0n) is 9.85. The zero-order chi connectivity index (χ0) is 12.5. The maximum absolute atomic E-state index is 10.4. The van der Waals surface area contributed by atoms with Gasteiger partial charge >= 0.3 is 0 Å². The van der Waals surface area contributed by atoms with Crippen molar-refractivity contribution in [3.05, 3.63) is 54.0 Å². The number of fused-ring (bicyclic) bond motifs is 1. The van der Waals surface area contributed by atoms with Crippen LogP contribution >= 0.6 is 0 Å². The fraction of sp³-hybridized carbons (Fsp3) is 0.154. The van der Waals surface area contributed by atoms with E-state index in [2.05, 4.69) is 15.3 Å². The summed E-state index contributed by atoms with van der Waals surface area (Å²) in [5.74, 6) is 0. The van der Waals surface area contributed by atoms with Crippen molar-refractivity contribution in [3.8, 4) is 0 Å². The highest BCUT2D eigenvalue weighted by Gasteiger charge is 2.17. The van der Waals surface area contributed by atoms with Crippen LogP contribution in [0.4, 0.5) is 0 Å². The SMILES string of the molecule is Cn1nncc1C(O)c1cccc2ncccc12. The van der Waals surface area contributed by atoms with Crippen molar-refractivity contribution in [1.82, 2.24) is 20.0 Å². The molecule has 0 radical (unpaired) electrons. The van der Waals surface area contributed by atoms with Gasteiger partial charge in [-0.15, -0.1) is 5.10 Å². The molecule has 2 heterocycles. The van der Waals surface area contributed by atoms with Gasteiger partial charge in [-0.05, 0) is 17.7 Å². The van der Waals surface area contributed by atoms with Crippen LogP contribution in [0.3, 0.4) is 0 Å². The third-order valence-electron chi connectivity index (χ3n) is 3.00. The average molecular weight is 240 g/mol. The third-order valence-corrected chi connectivity index (χ3v) is 3.00. The van der Waals surface area contributed by atoms with Gasteiger partial charge in [-0.3, -0.25) is 4.98 Å². The van der Waals surface area contributed by atoms with Crippen molar-refractivity contribution in [2.45, 2.75) is 6.10 Å². The summed E-state index contributed by atoms with van der Waals surface area (Å²) in [6.07, 6.45) is 2.56. The summed E-state index contributed by atoms with van der Waals surface area (Å²) in [4.78, 5) is 4.28. The fourth-order valence-electron chi connectivity index (χ4n) is 2.07. The number of rotatable bonds is 2. The van der Waals surface area contributed by atoms with Gasteiger partial charge in [0.05, 0.1) is 17.4 Å². The van der Waals surface area contributed by atoms with Crippen LogP contribution in [0, 0.1) is 0 Å². The minimum atomic E-state index is -0.752. The summed E-state index contributed by atoms with van der Waals surface area (Å²) < 4.78 is 1.57. The molecule has 1 aromatic carbocycles. The first-order chi connectivity index (χ1) is 8.77. The quantitative estimate of drug-likeness (QED) is 0.736. The average Bonchev–Trinajstić information content (AvgIpc) is 2.83. The second kappa shape index (κ2) is 4.19. The van der Waals surface area contributed by atoms with Gasteiger partial charge in [0.1, 0.15) is 6.10 Å². The lowest BCUT2D eigenvalue weighted by molar-refractivity contribution is 0.211. The minimum Gasteiger partial charge on any atom is -0.382 e. The molecule has 2 aromatic heterocycles.